The fourth-order valence-electron chi connectivity index (χ4n) is 1.68. The summed E-state index contributed by atoms with van der Waals surface area (Å²) in [6.45, 7) is 4.00. The smallest absolute Gasteiger partial charge is 0.123 e. The predicted molar refractivity (Wildman–Crippen MR) is 51.3 cm³/mol. The molecule has 0 unspecified atom stereocenters. The van der Waals surface area contributed by atoms with Crippen molar-refractivity contribution in [1.29, 1.82) is 0 Å². The summed E-state index contributed by atoms with van der Waals surface area (Å²) in [5, 5.41) is 3.33. The molecule has 4 nitrogen and oxygen atoms in total. The summed E-state index contributed by atoms with van der Waals surface area (Å²) < 4.78 is 2.32. The second kappa shape index (κ2) is 3.47. The molecule has 0 radical (unpaired) electrons. The lowest BCUT2D eigenvalue weighted by atomic mass is 10.3. The van der Waals surface area contributed by atoms with Crippen molar-refractivity contribution in [2.75, 3.05) is 20.6 Å². The number of aromatic nitrogens is 2. The largest absolute Gasteiger partial charge is 0.328 e. The van der Waals surface area contributed by atoms with Gasteiger partial charge in [0.1, 0.15) is 5.82 Å². The molecule has 2 rings (SSSR count). The molecule has 0 aliphatic carbocycles. The van der Waals surface area contributed by atoms with Gasteiger partial charge in [0.15, 0.2) is 0 Å². The van der Waals surface area contributed by atoms with Gasteiger partial charge in [0.2, 0.25) is 0 Å². The summed E-state index contributed by atoms with van der Waals surface area (Å²) in [6.07, 6.45) is 1.98. The van der Waals surface area contributed by atoms with Gasteiger partial charge in [0, 0.05) is 25.8 Å². The van der Waals surface area contributed by atoms with Crippen molar-refractivity contribution in [2.24, 2.45) is 0 Å². The number of rotatable bonds is 2. The van der Waals surface area contributed by atoms with Gasteiger partial charge in [-0.25, -0.2) is 4.98 Å². The SMILES string of the molecule is CN(C)Cc1ncc2n1CCNC2. The van der Waals surface area contributed by atoms with Crippen LogP contribution in [-0.4, -0.2) is 35.1 Å². The van der Waals surface area contributed by atoms with Crippen molar-refractivity contribution >= 4 is 0 Å². The minimum atomic E-state index is 0.931. The maximum Gasteiger partial charge on any atom is 0.123 e. The number of imidazole rings is 1. The van der Waals surface area contributed by atoms with Crippen LogP contribution in [0.2, 0.25) is 0 Å². The quantitative estimate of drug-likeness (QED) is 0.698. The van der Waals surface area contributed by atoms with Gasteiger partial charge in [0.05, 0.1) is 12.2 Å². The average Bonchev–Trinajstić information content (AvgIpc) is 2.48. The number of nitrogens with zero attached hydrogens (tertiary/aromatic N) is 3. The zero-order valence-corrected chi connectivity index (χ0v) is 8.25. The Morgan fingerprint density at radius 3 is 3.23 bits per heavy atom. The van der Waals surface area contributed by atoms with Crippen LogP contribution in [0.5, 0.6) is 0 Å². The summed E-state index contributed by atoms with van der Waals surface area (Å²) >= 11 is 0. The van der Waals surface area contributed by atoms with E-state index in [4.69, 9.17) is 0 Å². The van der Waals surface area contributed by atoms with Gasteiger partial charge in [-0.3, -0.25) is 0 Å². The molecule has 0 bridgehead atoms. The molecule has 0 saturated heterocycles. The standard InChI is InChI=1S/C9H16N4/c1-12(2)7-9-11-6-8-5-10-3-4-13(8)9/h6,10H,3-5,7H2,1-2H3. The van der Waals surface area contributed by atoms with Gasteiger partial charge < -0.3 is 14.8 Å². The third-order valence-corrected chi connectivity index (χ3v) is 2.30. The lowest BCUT2D eigenvalue weighted by Gasteiger charge is -2.19. The highest BCUT2D eigenvalue weighted by Crippen LogP contribution is 2.09. The molecule has 2 heterocycles. The van der Waals surface area contributed by atoms with Crippen LogP contribution in [0, 0.1) is 0 Å². The van der Waals surface area contributed by atoms with Crippen LogP contribution in [-0.2, 0) is 19.6 Å². The first kappa shape index (κ1) is 8.72. The minimum Gasteiger partial charge on any atom is -0.328 e. The van der Waals surface area contributed by atoms with Crippen LogP contribution in [0.1, 0.15) is 11.5 Å². The van der Waals surface area contributed by atoms with E-state index in [1.165, 1.54) is 11.5 Å². The van der Waals surface area contributed by atoms with E-state index in [9.17, 15) is 0 Å². The van der Waals surface area contributed by atoms with E-state index >= 15 is 0 Å². The maximum atomic E-state index is 4.42. The lowest BCUT2D eigenvalue weighted by molar-refractivity contribution is 0.373. The molecule has 1 aromatic heterocycles. The Morgan fingerprint density at radius 1 is 1.62 bits per heavy atom. The molecule has 4 heteroatoms. The topological polar surface area (TPSA) is 33.1 Å². The molecule has 1 aliphatic heterocycles. The van der Waals surface area contributed by atoms with Gasteiger partial charge >= 0.3 is 0 Å². The Kier molecular flexibility index (Phi) is 2.33. The summed E-state index contributed by atoms with van der Waals surface area (Å²) in [5.41, 5.74) is 1.31. The van der Waals surface area contributed by atoms with Gasteiger partial charge in [0.25, 0.3) is 0 Å². The molecule has 1 aliphatic rings. The van der Waals surface area contributed by atoms with Crippen molar-refractivity contribution in [3.63, 3.8) is 0 Å². The van der Waals surface area contributed by atoms with E-state index in [1.807, 2.05) is 6.20 Å². The normalized spacial score (nSPS) is 16.2. The molecule has 0 spiro atoms. The highest BCUT2D eigenvalue weighted by atomic mass is 15.2. The van der Waals surface area contributed by atoms with Gasteiger partial charge in [-0.2, -0.15) is 0 Å². The summed E-state index contributed by atoms with van der Waals surface area (Å²) in [4.78, 5) is 6.57. The minimum absolute atomic E-state index is 0.931. The molecule has 1 aromatic rings. The summed E-state index contributed by atoms with van der Waals surface area (Å²) in [6, 6.07) is 0. The molecule has 0 saturated carbocycles. The molecule has 72 valence electrons. The third-order valence-electron chi connectivity index (χ3n) is 2.30. The van der Waals surface area contributed by atoms with Crippen molar-refractivity contribution < 1.29 is 0 Å². The van der Waals surface area contributed by atoms with Crippen molar-refractivity contribution in [2.45, 2.75) is 19.6 Å². The van der Waals surface area contributed by atoms with Crippen LogP contribution in [0.3, 0.4) is 0 Å². The van der Waals surface area contributed by atoms with Gasteiger partial charge in [-0.05, 0) is 14.1 Å². The highest BCUT2D eigenvalue weighted by Gasteiger charge is 2.13. The van der Waals surface area contributed by atoms with Crippen LogP contribution in [0.4, 0.5) is 0 Å². The van der Waals surface area contributed by atoms with Crippen molar-refractivity contribution in [1.82, 2.24) is 19.8 Å². The van der Waals surface area contributed by atoms with Crippen molar-refractivity contribution in [3.05, 3.63) is 17.7 Å². The Hall–Kier alpha value is -0.870. The zero-order valence-electron chi connectivity index (χ0n) is 8.25. The molecular weight excluding hydrogens is 164 g/mol. The number of nitrogens with one attached hydrogen (secondary N) is 1. The molecule has 13 heavy (non-hydrogen) atoms. The van der Waals surface area contributed by atoms with E-state index in [0.29, 0.717) is 0 Å². The van der Waals surface area contributed by atoms with E-state index in [-0.39, 0.29) is 0 Å². The van der Waals surface area contributed by atoms with E-state index in [2.05, 4.69) is 33.9 Å². The monoisotopic (exact) mass is 180 g/mol. The Balaban J connectivity index is 2.21. The summed E-state index contributed by atoms with van der Waals surface area (Å²) in [5.74, 6) is 1.18. The molecule has 1 N–H and O–H groups in total. The van der Waals surface area contributed by atoms with E-state index < -0.39 is 0 Å². The van der Waals surface area contributed by atoms with Crippen LogP contribution >= 0.6 is 0 Å². The number of hydrogen-bond acceptors (Lipinski definition) is 3. The zero-order chi connectivity index (χ0) is 9.26. The molecule has 0 atom stereocenters. The first-order valence-electron chi connectivity index (χ1n) is 4.66. The molecule has 0 aromatic carbocycles. The molecular formula is C9H16N4. The van der Waals surface area contributed by atoms with Gasteiger partial charge in [-0.15, -0.1) is 0 Å². The predicted octanol–water partition coefficient (Wildman–Crippen LogP) is 0.0479. The first-order valence-corrected chi connectivity index (χ1v) is 4.66. The fourth-order valence-corrected chi connectivity index (χ4v) is 1.68. The third kappa shape index (κ3) is 1.73. The van der Waals surface area contributed by atoms with Crippen LogP contribution in [0.15, 0.2) is 6.20 Å². The second-order valence-corrected chi connectivity index (χ2v) is 3.73. The first-order chi connectivity index (χ1) is 6.27. The Labute approximate surface area is 78.6 Å². The van der Waals surface area contributed by atoms with Crippen molar-refractivity contribution in [3.8, 4) is 0 Å². The fraction of sp³-hybridized carbons (Fsp3) is 0.667. The van der Waals surface area contributed by atoms with Gasteiger partial charge in [-0.1, -0.05) is 0 Å². The van der Waals surface area contributed by atoms with E-state index in [0.717, 1.165) is 26.2 Å². The summed E-state index contributed by atoms with van der Waals surface area (Å²) in [7, 11) is 4.14. The maximum absolute atomic E-state index is 4.42. The number of hydrogen-bond donors (Lipinski definition) is 1. The molecule has 0 amide bonds. The highest BCUT2D eigenvalue weighted by molar-refractivity contribution is 5.07. The lowest BCUT2D eigenvalue weighted by Crippen LogP contribution is -2.29. The average molecular weight is 180 g/mol. The van der Waals surface area contributed by atoms with Crippen LogP contribution in [0.25, 0.3) is 0 Å². The molecule has 0 fully saturated rings. The number of fused-ring (bicyclic) bond motifs is 1. The van der Waals surface area contributed by atoms with Crippen LogP contribution < -0.4 is 5.32 Å². The Bertz CT molecular complexity index is 290. The Morgan fingerprint density at radius 2 is 2.46 bits per heavy atom. The van der Waals surface area contributed by atoms with E-state index in [1.54, 1.807) is 0 Å². The second-order valence-electron chi connectivity index (χ2n) is 3.73.